The standard InChI is InChI=1S/C21H20FN9O6S3/c22-1-3-37-27-12(15-26-21(23)40-28-15)16(33)25-13-17(34)31-14(20(35)36)10(7-39-19(13)31)6-30-9-29-2-4-38-18(29)11(30)5-24-8-32/h2,4,8-9,13,19H,1,3,5-7H2,(H4-,23,24,25,26,28,32,33,35,36)/p+1/t13-,19-/m1/s1. The first-order chi connectivity index (χ1) is 19.3. The number of carbonyl (C=O) groups excluding carboxylic acids is 3. The van der Waals surface area contributed by atoms with Crippen molar-refractivity contribution in [3.05, 3.63) is 40.7 Å². The van der Waals surface area contributed by atoms with Crippen molar-refractivity contribution in [1.82, 2.24) is 29.5 Å². The number of hydrogen-bond acceptors (Lipinski definition) is 12. The summed E-state index contributed by atoms with van der Waals surface area (Å²) < 4.78 is 20.1. The molecule has 5 N–H and O–H groups in total. The predicted octanol–water partition coefficient (Wildman–Crippen LogP) is -0.903. The number of rotatable bonds is 12. The van der Waals surface area contributed by atoms with Crippen LogP contribution in [0.5, 0.6) is 0 Å². The third kappa shape index (κ3) is 5.09. The highest BCUT2D eigenvalue weighted by Crippen LogP contribution is 2.41. The third-order valence-electron chi connectivity index (χ3n) is 5.94. The highest BCUT2D eigenvalue weighted by Gasteiger charge is 2.54. The molecule has 0 spiro atoms. The van der Waals surface area contributed by atoms with Crippen LogP contribution >= 0.6 is 34.6 Å². The van der Waals surface area contributed by atoms with Gasteiger partial charge in [0, 0.05) is 28.2 Å². The molecule has 3 aromatic heterocycles. The Morgan fingerprint density at radius 1 is 1.43 bits per heavy atom. The van der Waals surface area contributed by atoms with E-state index in [0.717, 1.165) is 27.0 Å². The SMILES string of the molecule is Nc1nc(C(=NOCCF)C(=O)N[C@@H]2C(=O)N3C(C(=O)O)=C(Cn4c[n+]5ccsc5c4CNC=O)CS[C@H]23)ns1. The number of carboxylic acids is 1. The number of carbonyl (C=O) groups is 4. The number of thioether (sulfide) groups is 1. The summed E-state index contributed by atoms with van der Waals surface area (Å²) in [6, 6.07) is -1.06. The molecular formula is C21H21FN9O6S3+. The second-order valence-corrected chi connectivity index (χ2v) is 11.1. The molecule has 1 fully saturated rings. The van der Waals surface area contributed by atoms with Crippen LogP contribution < -0.4 is 20.8 Å². The van der Waals surface area contributed by atoms with Gasteiger partial charge in [-0.05, 0) is 0 Å². The second-order valence-electron chi connectivity index (χ2n) is 8.34. The van der Waals surface area contributed by atoms with Gasteiger partial charge in [0.05, 0.1) is 6.54 Å². The minimum atomic E-state index is -1.28. The average molecular weight is 611 g/mol. The number of fused-ring (bicyclic) bond motifs is 2. The highest BCUT2D eigenvalue weighted by atomic mass is 32.2. The van der Waals surface area contributed by atoms with Gasteiger partial charge in [-0.3, -0.25) is 19.3 Å². The molecule has 15 nitrogen and oxygen atoms in total. The van der Waals surface area contributed by atoms with Crippen LogP contribution in [0.1, 0.15) is 11.5 Å². The molecule has 40 heavy (non-hydrogen) atoms. The number of nitrogens with two attached hydrogens (primary N) is 1. The third-order valence-corrected chi connectivity index (χ3v) is 8.75. The Balaban J connectivity index is 1.37. The molecule has 210 valence electrons. The summed E-state index contributed by atoms with van der Waals surface area (Å²) >= 11 is 3.57. The summed E-state index contributed by atoms with van der Waals surface area (Å²) in [5, 5.41) is 20.1. The van der Waals surface area contributed by atoms with Crippen molar-refractivity contribution in [3.63, 3.8) is 0 Å². The lowest BCUT2D eigenvalue weighted by Gasteiger charge is -2.49. The number of oxime groups is 1. The van der Waals surface area contributed by atoms with Gasteiger partial charge in [-0.25, -0.2) is 13.8 Å². The van der Waals surface area contributed by atoms with Crippen LogP contribution in [0.25, 0.3) is 4.83 Å². The van der Waals surface area contributed by atoms with E-state index in [1.165, 1.54) is 23.1 Å². The van der Waals surface area contributed by atoms with E-state index >= 15 is 0 Å². The topological polar surface area (TPSA) is 198 Å². The van der Waals surface area contributed by atoms with Crippen LogP contribution in [0.15, 0.2) is 34.3 Å². The summed E-state index contributed by atoms with van der Waals surface area (Å²) in [7, 11) is 0. The van der Waals surface area contributed by atoms with Gasteiger partial charge >= 0.3 is 5.97 Å². The van der Waals surface area contributed by atoms with Crippen molar-refractivity contribution < 1.29 is 37.9 Å². The largest absolute Gasteiger partial charge is 0.477 e. The van der Waals surface area contributed by atoms with E-state index in [9.17, 15) is 28.7 Å². The fraction of sp³-hybridized carbons (Fsp3) is 0.333. The number of nitrogen functional groups attached to an aromatic ring is 1. The monoisotopic (exact) mass is 610 g/mol. The zero-order valence-electron chi connectivity index (χ0n) is 20.4. The van der Waals surface area contributed by atoms with E-state index in [2.05, 4.69) is 25.1 Å². The van der Waals surface area contributed by atoms with Crippen LogP contribution in [0, 0.1) is 0 Å². The van der Waals surface area contributed by atoms with Crippen LogP contribution in [-0.2, 0) is 37.1 Å². The van der Waals surface area contributed by atoms with Crippen molar-refractivity contribution in [2.24, 2.45) is 5.16 Å². The molecule has 1 saturated heterocycles. The number of aliphatic carboxylic acids is 1. The Labute approximate surface area is 236 Å². The van der Waals surface area contributed by atoms with Crippen molar-refractivity contribution in [3.8, 4) is 0 Å². The van der Waals surface area contributed by atoms with E-state index in [1.807, 2.05) is 20.5 Å². The van der Waals surface area contributed by atoms with Gasteiger partial charge in [-0.15, -0.1) is 11.8 Å². The first-order valence-electron chi connectivity index (χ1n) is 11.5. The van der Waals surface area contributed by atoms with Gasteiger partial charge in [0.2, 0.25) is 29.1 Å². The van der Waals surface area contributed by atoms with Gasteiger partial charge in [-0.1, -0.05) is 16.5 Å². The highest BCUT2D eigenvalue weighted by molar-refractivity contribution is 8.00. The van der Waals surface area contributed by atoms with Crippen LogP contribution in [0.2, 0.25) is 0 Å². The zero-order chi connectivity index (χ0) is 28.4. The fourth-order valence-electron chi connectivity index (χ4n) is 4.27. The van der Waals surface area contributed by atoms with Crippen LogP contribution in [0.4, 0.5) is 9.52 Å². The van der Waals surface area contributed by atoms with Gasteiger partial charge in [0.1, 0.15) is 43.1 Å². The number of thiazole rings is 1. The zero-order valence-corrected chi connectivity index (χ0v) is 22.8. The second kappa shape index (κ2) is 11.6. The smallest absolute Gasteiger partial charge is 0.352 e. The number of nitrogens with one attached hydrogen (secondary N) is 2. The molecule has 0 aliphatic carbocycles. The summed E-state index contributed by atoms with van der Waals surface area (Å²) in [6.45, 7) is -0.847. The number of anilines is 1. The number of alkyl halides is 1. The molecule has 3 aromatic rings. The number of β-lactam (4-membered cyclic amide) rings is 1. The quantitative estimate of drug-likeness (QED) is 0.0498. The minimum Gasteiger partial charge on any atom is -0.477 e. The lowest BCUT2D eigenvalue weighted by atomic mass is 10.0. The fourth-order valence-corrected chi connectivity index (χ4v) is 6.92. The molecule has 19 heteroatoms. The number of halogens is 1. The Kier molecular flexibility index (Phi) is 7.94. The maximum atomic E-state index is 13.1. The number of carboxylic acid groups (broad SMARTS) is 1. The maximum Gasteiger partial charge on any atom is 0.352 e. The molecule has 0 aromatic carbocycles. The summed E-state index contributed by atoms with van der Waals surface area (Å²) in [5.41, 5.74) is 6.30. The van der Waals surface area contributed by atoms with Crippen molar-refractivity contribution in [2.75, 3.05) is 24.8 Å². The normalized spacial score (nSPS) is 18.9. The predicted molar refractivity (Wildman–Crippen MR) is 141 cm³/mol. The number of hydrogen-bond donors (Lipinski definition) is 4. The van der Waals surface area contributed by atoms with E-state index in [0.29, 0.717) is 12.0 Å². The molecule has 3 amide bonds. The first-order valence-corrected chi connectivity index (χ1v) is 14.2. The van der Waals surface area contributed by atoms with Crippen LogP contribution in [-0.4, -0.2) is 84.3 Å². The van der Waals surface area contributed by atoms with E-state index < -0.39 is 48.2 Å². The molecular weight excluding hydrogens is 589 g/mol. The molecule has 0 bridgehead atoms. The Hall–Kier alpha value is -4.10. The molecule has 0 saturated carbocycles. The van der Waals surface area contributed by atoms with Gasteiger partial charge in [0.25, 0.3) is 11.8 Å². The Morgan fingerprint density at radius 2 is 2.25 bits per heavy atom. The average Bonchev–Trinajstić information content (AvgIpc) is 3.65. The first kappa shape index (κ1) is 27.5. The van der Waals surface area contributed by atoms with Gasteiger partial charge < -0.3 is 26.3 Å². The van der Waals surface area contributed by atoms with Gasteiger partial charge in [-0.2, -0.15) is 13.8 Å². The minimum absolute atomic E-state index is 0.0597. The van der Waals surface area contributed by atoms with Crippen LogP contribution in [0.3, 0.4) is 0 Å². The number of imidazole rings is 1. The number of amides is 3. The molecule has 0 radical (unpaired) electrons. The lowest BCUT2D eigenvalue weighted by Crippen LogP contribution is -2.71. The van der Waals surface area contributed by atoms with E-state index in [-0.39, 0.29) is 35.5 Å². The van der Waals surface area contributed by atoms with E-state index in [1.54, 1.807) is 6.33 Å². The van der Waals surface area contributed by atoms with Crippen molar-refractivity contribution in [1.29, 1.82) is 0 Å². The van der Waals surface area contributed by atoms with Crippen molar-refractivity contribution in [2.45, 2.75) is 24.5 Å². The maximum absolute atomic E-state index is 13.1. The van der Waals surface area contributed by atoms with Crippen molar-refractivity contribution >= 4 is 74.5 Å². The number of nitrogens with zero attached hydrogens (tertiary/aromatic N) is 6. The molecule has 2 aliphatic rings. The molecule has 0 unspecified atom stereocenters. The van der Waals surface area contributed by atoms with E-state index in [4.69, 9.17) is 10.6 Å². The molecule has 2 aliphatic heterocycles. The summed E-state index contributed by atoms with van der Waals surface area (Å²) in [5.74, 6) is -2.66. The molecule has 5 rings (SSSR count). The Morgan fingerprint density at radius 3 is 2.95 bits per heavy atom. The summed E-state index contributed by atoms with van der Waals surface area (Å²) in [4.78, 5) is 60.1. The molecule has 2 atom stereocenters. The molecule has 5 heterocycles. The lowest BCUT2D eigenvalue weighted by molar-refractivity contribution is -0.508. The summed E-state index contributed by atoms with van der Waals surface area (Å²) in [6.07, 6.45) is 4.23. The van der Waals surface area contributed by atoms with Gasteiger partial charge in [0.15, 0.2) is 10.8 Å². The number of aromatic nitrogens is 4. The Bertz CT molecular complexity index is 1550.